The van der Waals surface area contributed by atoms with E-state index in [1.165, 1.54) is 19.5 Å². The second-order valence-electron chi connectivity index (χ2n) is 4.69. The van der Waals surface area contributed by atoms with Gasteiger partial charge in [-0.2, -0.15) is 0 Å². The Morgan fingerprint density at radius 1 is 1.28 bits per heavy atom. The summed E-state index contributed by atoms with van der Waals surface area (Å²) in [6.07, 6.45) is 6.82. The summed E-state index contributed by atoms with van der Waals surface area (Å²) in [5.74, 6) is -0.683. The molecule has 0 atom stereocenters. The molecule has 0 amide bonds. The Labute approximate surface area is 105 Å². The summed E-state index contributed by atoms with van der Waals surface area (Å²) in [6, 6.07) is 0. The lowest BCUT2D eigenvalue weighted by Gasteiger charge is -2.20. The standard InChI is InChI=1S/C13H16N2O3/c1-8(16)10-7-14-12(15-11(10)13(17)18)9-5-3-2-4-6-9/h7,9H,2-6H2,1H3,(H,17,18). The fourth-order valence-electron chi connectivity index (χ4n) is 2.37. The Bertz CT molecular complexity index is 479. The molecule has 0 unspecified atom stereocenters. The highest BCUT2D eigenvalue weighted by Crippen LogP contribution is 2.30. The monoisotopic (exact) mass is 248 g/mol. The quantitative estimate of drug-likeness (QED) is 0.831. The van der Waals surface area contributed by atoms with Gasteiger partial charge in [0, 0.05) is 12.1 Å². The Morgan fingerprint density at radius 2 is 1.94 bits per heavy atom. The minimum absolute atomic E-state index is 0.0852. The molecule has 5 heteroatoms. The van der Waals surface area contributed by atoms with E-state index in [-0.39, 0.29) is 23.0 Å². The van der Waals surface area contributed by atoms with Crippen molar-refractivity contribution in [3.05, 3.63) is 23.3 Å². The smallest absolute Gasteiger partial charge is 0.355 e. The first-order valence-corrected chi connectivity index (χ1v) is 6.20. The first kappa shape index (κ1) is 12.7. The van der Waals surface area contributed by atoms with Gasteiger partial charge in [-0.3, -0.25) is 4.79 Å². The van der Waals surface area contributed by atoms with Crippen LogP contribution in [0.15, 0.2) is 6.20 Å². The van der Waals surface area contributed by atoms with E-state index in [1.807, 2.05) is 0 Å². The van der Waals surface area contributed by atoms with E-state index in [2.05, 4.69) is 9.97 Å². The number of aromatic nitrogens is 2. The summed E-state index contributed by atoms with van der Waals surface area (Å²) < 4.78 is 0. The average Bonchev–Trinajstić information content (AvgIpc) is 2.39. The van der Waals surface area contributed by atoms with Gasteiger partial charge in [-0.05, 0) is 19.8 Å². The van der Waals surface area contributed by atoms with Gasteiger partial charge in [-0.25, -0.2) is 14.8 Å². The number of carboxylic acids is 1. The van der Waals surface area contributed by atoms with Crippen molar-refractivity contribution in [1.82, 2.24) is 9.97 Å². The van der Waals surface area contributed by atoms with E-state index in [0.717, 1.165) is 25.7 Å². The number of carbonyl (C=O) groups excluding carboxylic acids is 1. The van der Waals surface area contributed by atoms with Gasteiger partial charge in [0.05, 0.1) is 5.56 Å². The van der Waals surface area contributed by atoms with Gasteiger partial charge in [0.25, 0.3) is 0 Å². The van der Waals surface area contributed by atoms with Crippen molar-refractivity contribution in [2.24, 2.45) is 0 Å². The van der Waals surface area contributed by atoms with Crippen LogP contribution in [0.1, 0.15) is 71.6 Å². The van der Waals surface area contributed by atoms with E-state index in [4.69, 9.17) is 5.11 Å². The normalized spacial score (nSPS) is 16.5. The molecule has 0 radical (unpaired) electrons. The van der Waals surface area contributed by atoms with E-state index in [9.17, 15) is 9.59 Å². The molecule has 96 valence electrons. The predicted molar refractivity (Wildman–Crippen MR) is 64.8 cm³/mol. The summed E-state index contributed by atoms with van der Waals surface area (Å²) in [6.45, 7) is 1.32. The van der Waals surface area contributed by atoms with Gasteiger partial charge in [0.15, 0.2) is 11.5 Å². The van der Waals surface area contributed by atoms with E-state index >= 15 is 0 Å². The number of hydrogen-bond acceptors (Lipinski definition) is 4. The molecule has 5 nitrogen and oxygen atoms in total. The number of carbonyl (C=O) groups is 2. The topological polar surface area (TPSA) is 80.2 Å². The Balaban J connectivity index is 2.36. The lowest BCUT2D eigenvalue weighted by atomic mass is 9.88. The highest BCUT2D eigenvalue weighted by molar-refractivity contribution is 6.03. The van der Waals surface area contributed by atoms with Crippen LogP contribution in [0.5, 0.6) is 0 Å². The van der Waals surface area contributed by atoms with Crippen molar-refractivity contribution in [3.63, 3.8) is 0 Å². The largest absolute Gasteiger partial charge is 0.476 e. The third-order valence-electron chi connectivity index (χ3n) is 3.36. The first-order chi connectivity index (χ1) is 8.59. The molecule has 0 saturated heterocycles. The maximum absolute atomic E-state index is 11.3. The van der Waals surface area contributed by atoms with Gasteiger partial charge in [-0.15, -0.1) is 0 Å². The molecule has 1 aliphatic rings. The molecule has 1 fully saturated rings. The van der Waals surface area contributed by atoms with Gasteiger partial charge in [-0.1, -0.05) is 19.3 Å². The SMILES string of the molecule is CC(=O)c1cnc(C2CCCCC2)nc1C(=O)O. The Hall–Kier alpha value is -1.78. The summed E-state index contributed by atoms with van der Waals surface area (Å²) in [7, 11) is 0. The average molecular weight is 248 g/mol. The third-order valence-corrected chi connectivity index (χ3v) is 3.36. The molecular weight excluding hydrogens is 232 g/mol. The molecule has 1 N–H and O–H groups in total. The van der Waals surface area contributed by atoms with Crippen molar-refractivity contribution in [2.45, 2.75) is 44.9 Å². The maximum Gasteiger partial charge on any atom is 0.355 e. The van der Waals surface area contributed by atoms with Crippen molar-refractivity contribution in [2.75, 3.05) is 0 Å². The van der Waals surface area contributed by atoms with Gasteiger partial charge in [0.1, 0.15) is 5.82 Å². The minimum atomic E-state index is -1.17. The van der Waals surface area contributed by atoms with E-state index in [1.54, 1.807) is 0 Å². The van der Waals surface area contributed by atoms with Crippen molar-refractivity contribution >= 4 is 11.8 Å². The number of ketones is 1. The van der Waals surface area contributed by atoms with Crippen LogP contribution in [0.3, 0.4) is 0 Å². The number of hydrogen-bond donors (Lipinski definition) is 1. The molecular formula is C13H16N2O3. The third kappa shape index (κ3) is 2.55. The molecule has 0 spiro atoms. The molecule has 1 aromatic heterocycles. The second-order valence-corrected chi connectivity index (χ2v) is 4.69. The van der Waals surface area contributed by atoms with Crippen LogP contribution in [-0.2, 0) is 0 Å². The highest BCUT2D eigenvalue weighted by Gasteiger charge is 2.22. The summed E-state index contributed by atoms with van der Waals surface area (Å²) in [5, 5.41) is 9.09. The Morgan fingerprint density at radius 3 is 2.50 bits per heavy atom. The number of Topliss-reactive ketones (excluding diaryl/α,β-unsaturated/α-hetero) is 1. The summed E-state index contributed by atoms with van der Waals surface area (Å²) >= 11 is 0. The molecule has 1 aliphatic carbocycles. The zero-order valence-corrected chi connectivity index (χ0v) is 10.3. The lowest BCUT2D eigenvalue weighted by molar-refractivity contribution is 0.0684. The molecule has 0 bridgehead atoms. The number of rotatable bonds is 3. The van der Waals surface area contributed by atoms with E-state index < -0.39 is 5.97 Å². The van der Waals surface area contributed by atoms with Crippen molar-refractivity contribution < 1.29 is 14.7 Å². The van der Waals surface area contributed by atoms with Crippen LogP contribution >= 0.6 is 0 Å². The molecule has 0 aromatic carbocycles. The van der Waals surface area contributed by atoms with Crippen LogP contribution in [0.2, 0.25) is 0 Å². The van der Waals surface area contributed by atoms with Crippen LogP contribution in [-0.4, -0.2) is 26.8 Å². The van der Waals surface area contributed by atoms with Crippen molar-refractivity contribution in [1.29, 1.82) is 0 Å². The lowest BCUT2D eigenvalue weighted by Crippen LogP contribution is -2.15. The van der Waals surface area contributed by atoms with Crippen LogP contribution in [0.25, 0.3) is 0 Å². The summed E-state index contributed by atoms with van der Waals surface area (Å²) in [5.41, 5.74) is -0.0832. The fraction of sp³-hybridized carbons (Fsp3) is 0.538. The molecule has 18 heavy (non-hydrogen) atoms. The van der Waals surface area contributed by atoms with Crippen molar-refractivity contribution in [3.8, 4) is 0 Å². The molecule has 1 aromatic rings. The molecule has 2 rings (SSSR count). The second kappa shape index (κ2) is 5.25. The molecule has 0 aliphatic heterocycles. The molecule has 1 saturated carbocycles. The van der Waals surface area contributed by atoms with Crippen LogP contribution in [0, 0.1) is 0 Å². The maximum atomic E-state index is 11.3. The summed E-state index contributed by atoms with van der Waals surface area (Å²) in [4.78, 5) is 30.7. The van der Waals surface area contributed by atoms with E-state index in [0.29, 0.717) is 5.82 Å². The highest BCUT2D eigenvalue weighted by atomic mass is 16.4. The first-order valence-electron chi connectivity index (χ1n) is 6.20. The molecule has 1 heterocycles. The number of nitrogens with zero attached hydrogens (tertiary/aromatic N) is 2. The fourth-order valence-corrected chi connectivity index (χ4v) is 2.37. The van der Waals surface area contributed by atoms with Gasteiger partial charge >= 0.3 is 5.97 Å². The predicted octanol–water partition coefficient (Wildman–Crippen LogP) is 2.43. The number of carboxylic acid groups (broad SMARTS) is 1. The van der Waals surface area contributed by atoms with Crippen LogP contribution in [0.4, 0.5) is 0 Å². The zero-order chi connectivity index (χ0) is 13.1. The van der Waals surface area contributed by atoms with Gasteiger partial charge < -0.3 is 5.11 Å². The number of aromatic carboxylic acids is 1. The van der Waals surface area contributed by atoms with Crippen LogP contribution < -0.4 is 0 Å². The Kier molecular flexibility index (Phi) is 3.69. The van der Waals surface area contributed by atoms with Gasteiger partial charge in [0.2, 0.25) is 0 Å². The zero-order valence-electron chi connectivity index (χ0n) is 10.3. The minimum Gasteiger partial charge on any atom is -0.476 e.